The maximum absolute atomic E-state index is 12.5. The number of rotatable bonds is 3. The van der Waals surface area contributed by atoms with Crippen LogP contribution in [-0.4, -0.2) is 5.78 Å². The Morgan fingerprint density at radius 3 is 2.19 bits per heavy atom. The zero-order chi connectivity index (χ0) is 18.6. The molecular formula is C25H17ClO. The van der Waals surface area contributed by atoms with Crippen molar-refractivity contribution in [3.63, 3.8) is 0 Å². The number of ketones is 1. The number of fused-ring (bicyclic) bond motifs is 1. The Morgan fingerprint density at radius 2 is 1.41 bits per heavy atom. The van der Waals surface area contributed by atoms with Crippen molar-refractivity contribution in [3.8, 4) is 0 Å². The van der Waals surface area contributed by atoms with Gasteiger partial charge in [-0.15, -0.1) is 0 Å². The maximum Gasteiger partial charge on any atom is 0.186 e. The third kappa shape index (κ3) is 3.69. The lowest BCUT2D eigenvalue weighted by molar-refractivity contribution is -0.109. The fourth-order valence-corrected chi connectivity index (χ4v) is 3.35. The molecule has 0 atom stereocenters. The van der Waals surface area contributed by atoms with E-state index in [0.717, 1.165) is 27.8 Å². The third-order valence-electron chi connectivity index (χ3n) is 4.59. The summed E-state index contributed by atoms with van der Waals surface area (Å²) in [5.74, 6) is 0.0217. The second-order valence-corrected chi connectivity index (χ2v) is 6.75. The summed E-state index contributed by atoms with van der Waals surface area (Å²) in [7, 11) is 0. The number of hydrogen-bond donors (Lipinski definition) is 0. The molecule has 0 fully saturated rings. The minimum absolute atomic E-state index is 0.0217. The SMILES string of the molecule is O=C1C=Cc2ccccc2/C1=C/C=C(/c1ccccc1)c1ccc(Cl)cc1. The predicted molar refractivity (Wildman–Crippen MR) is 113 cm³/mol. The van der Waals surface area contributed by atoms with E-state index in [1.807, 2.05) is 85.0 Å². The van der Waals surface area contributed by atoms with Crippen molar-refractivity contribution in [2.24, 2.45) is 0 Å². The first kappa shape index (κ1) is 17.3. The quantitative estimate of drug-likeness (QED) is 0.485. The highest BCUT2D eigenvalue weighted by Gasteiger charge is 2.16. The van der Waals surface area contributed by atoms with Crippen LogP contribution in [0, 0.1) is 0 Å². The molecule has 0 bridgehead atoms. The highest BCUT2D eigenvalue weighted by molar-refractivity contribution is 6.31. The molecule has 3 aromatic carbocycles. The van der Waals surface area contributed by atoms with Crippen molar-refractivity contribution in [2.45, 2.75) is 0 Å². The average Bonchev–Trinajstić information content (AvgIpc) is 2.71. The maximum atomic E-state index is 12.5. The van der Waals surface area contributed by atoms with Crippen molar-refractivity contribution in [1.82, 2.24) is 0 Å². The largest absolute Gasteiger partial charge is 0.289 e. The summed E-state index contributed by atoms with van der Waals surface area (Å²) in [5.41, 5.74) is 5.91. The van der Waals surface area contributed by atoms with E-state index in [0.29, 0.717) is 10.6 Å². The molecule has 0 radical (unpaired) electrons. The molecule has 0 heterocycles. The van der Waals surface area contributed by atoms with E-state index in [-0.39, 0.29) is 5.78 Å². The molecule has 1 aliphatic carbocycles. The van der Waals surface area contributed by atoms with Crippen LogP contribution >= 0.6 is 11.6 Å². The van der Waals surface area contributed by atoms with Gasteiger partial charge in [-0.25, -0.2) is 0 Å². The molecule has 0 N–H and O–H groups in total. The van der Waals surface area contributed by atoms with E-state index in [9.17, 15) is 4.79 Å². The molecule has 0 amide bonds. The summed E-state index contributed by atoms with van der Waals surface area (Å²) in [6.45, 7) is 0. The van der Waals surface area contributed by atoms with Gasteiger partial charge >= 0.3 is 0 Å². The van der Waals surface area contributed by atoms with Crippen molar-refractivity contribution in [1.29, 1.82) is 0 Å². The van der Waals surface area contributed by atoms with Crippen molar-refractivity contribution in [2.75, 3.05) is 0 Å². The summed E-state index contributed by atoms with van der Waals surface area (Å²) in [6.07, 6.45) is 7.44. The monoisotopic (exact) mass is 368 g/mol. The van der Waals surface area contributed by atoms with E-state index in [4.69, 9.17) is 11.6 Å². The van der Waals surface area contributed by atoms with Gasteiger partial charge < -0.3 is 0 Å². The number of benzene rings is 3. The molecule has 0 saturated heterocycles. The van der Waals surface area contributed by atoms with Crippen molar-refractivity contribution in [3.05, 3.63) is 124 Å². The Bertz CT molecular complexity index is 1070. The first-order chi connectivity index (χ1) is 13.2. The predicted octanol–water partition coefficient (Wildman–Crippen LogP) is 6.45. The van der Waals surface area contributed by atoms with Gasteiger partial charge in [-0.2, -0.15) is 0 Å². The smallest absolute Gasteiger partial charge is 0.186 e. The van der Waals surface area contributed by atoms with Crippen molar-refractivity contribution >= 4 is 34.6 Å². The average molecular weight is 369 g/mol. The molecule has 1 nitrogen and oxygen atoms in total. The first-order valence-corrected chi connectivity index (χ1v) is 9.15. The van der Waals surface area contributed by atoms with E-state index in [2.05, 4.69) is 12.1 Å². The zero-order valence-electron chi connectivity index (χ0n) is 14.6. The van der Waals surface area contributed by atoms with Gasteiger partial charge in [0.1, 0.15) is 0 Å². The van der Waals surface area contributed by atoms with Crippen LogP contribution in [0.25, 0.3) is 17.2 Å². The number of carbonyl (C=O) groups is 1. The second kappa shape index (κ2) is 7.61. The molecule has 27 heavy (non-hydrogen) atoms. The topological polar surface area (TPSA) is 17.1 Å². The summed E-state index contributed by atoms with van der Waals surface area (Å²) in [5, 5.41) is 0.700. The van der Waals surface area contributed by atoms with Gasteiger partial charge in [0.2, 0.25) is 0 Å². The molecule has 3 aromatic rings. The number of allylic oxidation sites excluding steroid dienone is 4. The molecule has 130 valence electrons. The molecule has 0 aliphatic heterocycles. The van der Waals surface area contributed by atoms with Crippen LogP contribution in [-0.2, 0) is 4.79 Å². The Hall–Kier alpha value is -3.16. The molecule has 0 saturated carbocycles. The highest BCUT2D eigenvalue weighted by Crippen LogP contribution is 2.29. The summed E-state index contributed by atoms with van der Waals surface area (Å²) < 4.78 is 0. The van der Waals surface area contributed by atoms with Crippen LogP contribution in [0.3, 0.4) is 0 Å². The summed E-state index contributed by atoms with van der Waals surface area (Å²) in [4.78, 5) is 12.5. The third-order valence-corrected chi connectivity index (χ3v) is 4.84. The van der Waals surface area contributed by atoms with Gasteiger partial charge in [-0.05, 0) is 52.1 Å². The minimum atomic E-state index is 0.0217. The summed E-state index contributed by atoms with van der Waals surface area (Å²) in [6, 6.07) is 25.8. The Morgan fingerprint density at radius 1 is 0.741 bits per heavy atom. The van der Waals surface area contributed by atoms with Gasteiger partial charge in [0.25, 0.3) is 0 Å². The highest BCUT2D eigenvalue weighted by atomic mass is 35.5. The minimum Gasteiger partial charge on any atom is -0.289 e. The van der Waals surface area contributed by atoms with Gasteiger partial charge in [0.05, 0.1) is 0 Å². The molecule has 4 rings (SSSR count). The van der Waals surface area contributed by atoms with Crippen LogP contribution < -0.4 is 0 Å². The fourth-order valence-electron chi connectivity index (χ4n) is 3.22. The zero-order valence-corrected chi connectivity index (χ0v) is 15.4. The molecule has 0 spiro atoms. The van der Waals surface area contributed by atoms with Crippen LogP contribution in [0.4, 0.5) is 0 Å². The molecule has 0 unspecified atom stereocenters. The van der Waals surface area contributed by atoms with Gasteiger partial charge in [-0.1, -0.05) is 90.5 Å². The van der Waals surface area contributed by atoms with Gasteiger partial charge in [0.15, 0.2) is 5.78 Å². The molecule has 0 aromatic heterocycles. The Kier molecular flexibility index (Phi) is 4.86. The van der Waals surface area contributed by atoms with Crippen LogP contribution in [0.5, 0.6) is 0 Å². The van der Waals surface area contributed by atoms with Gasteiger partial charge in [-0.3, -0.25) is 4.79 Å². The van der Waals surface area contributed by atoms with E-state index in [1.165, 1.54) is 0 Å². The number of hydrogen-bond acceptors (Lipinski definition) is 1. The van der Waals surface area contributed by atoms with Crippen LogP contribution in [0.2, 0.25) is 5.02 Å². The fraction of sp³-hybridized carbons (Fsp3) is 0. The van der Waals surface area contributed by atoms with Crippen LogP contribution in [0.1, 0.15) is 22.3 Å². The first-order valence-electron chi connectivity index (χ1n) is 8.77. The van der Waals surface area contributed by atoms with Crippen molar-refractivity contribution < 1.29 is 4.79 Å². The van der Waals surface area contributed by atoms with E-state index in [1.54, 1.807) is 6.08 Å². The molecule has 1 aliphatic rings. The summed E-state index contributed by atoms with van der Waals surface area (Å²) >= 11 is 6.05. The van der Waals surface area contributed by atoms with E-state index >= 15 is 0 Å². The second-order valence-electron chi connectivity index (χ2n) is 6.32. The Balaban J connectivity index is 1.84. The number of carbonyl (C=O) groups excluding carboxylic acids is 1. The lowest BCUT2D eigenvalue weighted by atomic mass is 9.90. The molecule has 2 heteroatoms. The number of halogens is 1. The molecular weight excluding hydrogens is 352 g/mol. The van der Waals surface area contributed by atoms with E-state index < -0.39 is 0 Å². The standard InChI is InChI=1S/C25H17ClO/c26-21-13-10-20(11-14-21)22(18-6-2-1-3-7-18)15-16-24-23-9-5-4-8-19(23)12-17-25(24)27/h1-17H/b22-15-,24-16-. The normalized spacial score (nSPS) is 15.1. The lowest BCUT2D eigenvalue weighted by Crippen LogP contribution is -2.04. The Labute approximate surface area is 163 Å². The van der Waals surface area contributed by atoms with Gasteiger partial charge in [0, 0.05) is 10.6 Å². The lowest BCUT2D eigenvalue weighted by Gasteiger charge is -2.13. The van der Waals surface area contributed by atoms with Crippen LogP contribution in [0.15, 0.2) is 97.1 Å².